The first-order chi connectivity index (χ1) is 5.74. The van der Waals surface area contributed by atoms with Crippen LogP contribution in [0.2, 0.25) is 0 Å². The zero-order chi connectivity index (χ0) is 8.97. The molecule has 0 heterocycles. The van der Waals surface area contributed by atoms with Crippen LogP contribution in [0.5, 0.6) is 0 Å². The highest BCUT2D eigenvalue weighted by atomic mass is 16.5. The van der Waals surface area contributed by atoms with Crippen molar-refractivity contribution in [1.82, 2.24) is 4.90 Å². The van der Waals surface area contributed by atoms with Gasteiger partial charge in [0.15, 0.2) is 0 Å². The van der Waals surface area contributed by atoms with Gasteiger partial charge in [-0.05, 0) is 39.2 Å². The Morgan fingerprint density at radius 1 is 1.50 bits per heavy atom. The number of hydrogen-bond donors (Lipinski definition) is 0. The molecule has 0 spiro atoms. The maximum atomic E-state index is 5.06. The molecule has 0 radical (unpaired) electrons. The van der Waals surface area contributed by atoms with Crippen molar-refractivity contribution >= 4 is 0 Å². The molecule has 0 bridgehead atoms. The summed E-state index contributed by atoms with van der Waals surface area (Å²) in [6, 6.07) is 0.672. The van der Waals surface area contributed by atoms with Crippen LogP contribution in [-0.2, 0) is 4.74 Å². The summed E-state index contributed by atoms with van der Waals surface area (Å²) in [7, 11) is 3.99. The largest absolute Gasteiger partial charge is 0.385 e. The van der Waals surface area contributed by atoms with Crippen molar-refractivity contribution in [2.45, 2.75) is 32.2 Å². The highest BCUT2D eigenvalue weighted by Gasteiger charge is 2.24. The van der Waals surface area contributed by atoms with E-state index in [1.807, 2.05) is 0 Å². The van der Waals surface area contributed by atoms with E-state index in [-0.39, 0.29) is 0 Å². The molecule has 1 rings (SSSR count). The molecule has 1 saturated carbocycles. The van der Waals surface area contributed by atoms with Crippen molar-refractivity contribution in [1.29, 1.82) is 0 Å². The van der Waals surface area contributed by atoms with E-state index in [2.05, 4.69) is 18.9 Å². The summed E-state index contributed by atoms with van der Waals surface area (Å²) >= 11 is 0. The Hall–Kier alpha value is -0.0800. The van der Waals surface area contributed by atoms with Gasteiger partial charge in [0.2, 0.25) is 0 Å². The van der Waals surface area contributed by atoms with Crippen LogP contribution in [0.4, 0.5) is 0 Å². The first-order valence-electron chi connectivity index (χ1n) is 4.93. The third kappa shape index (κ3) is 3.55. The van der Waals surface area contributed by atoms with Crippen LogP contribution >= 0.6 is 0 Å². The Bertz CT molecular complexity index is 123. The number of ether oxygens (including phenoxy) is 1. The van der Waals surface area contributed by atoms with E-state index in [0.717, 1.165) is 18.9 Å². The van der Waals surface area contributed by atoms with Crippen molar-refractivity contribution in [3.8, 4) is 0 Å². The summed E-state index contributed by atoms with van der Waals surface area (Å²) < 4.78 is 5.06. The van der Waals surface area contributed by atoms with Crippen molar-refractivity contribution in [2.24, 2.45) is 5.92 Å². The summed E-state index contributed by atoms with van der Waals surface area (Å²) in [5.74, 6) is 1.000. The van der Waals surface area contributed by atoms with Gasteiger partial charge >= 0.3 is 0 Å². The SMILES string of the molecule is COCCC(C)N(C)CC1CC1. The number of nitrogens with zero attached hydrogens (tertiary/aromatic N) is 1. The van der Waals surface area contributed by atoms with E-state index in [1.165, 1.54) is 19.4 Å². The van der Waals surface area contributed by atoms with E-state index in [1.54, 1.807) is 7.11 Å². The van der Waals surface area contributed by atoms with Crippen LogP contribution in [0.3, 0.4) is 0 Å². The van der Waals surface area contributed by atoms with Gasteiger partial charge in [-0.1, -0.05) is 0 Å². The minimum Gasteiger partial charge on any atom is -0.385 e. The van der Waals surface area contributed by atoms with E-state index in [9.17, 15) is 0 Å². The number of methoxy groups -OCH3 is 1. The first kappa shape index (κ1) is 10.0. The van der Waals surface area contributed by atoms with Crippen molar-refractivity contribution in [3.63, 3.8) is 0 Å². The fourth-order valence-corrected chi connectivity index (χ4v) is 1.40. The summed E-state index contributed by atoms with van der Waals surface area (Å²) in [5, 5.41) is 0. The Morgan fingerprint density at radius 2 is 2.17 bits per heavy atom. The minimum absolute atomic E-state index is 0.672. The Kier molecular flexibility index (Phi) is 4.02. The second-order valence-corrected chi connectivity index (χ2v) is 4.01. The molecule has 0 aliphatic heterocycles. The molecule has 2 nitrogen and oxygen atoms in total. The number of rotatable bonds is 6. The first-order valence-corrected chi connectivity index (χ1v) is 4.93. The second kappa shape index (κ2) is 4.83. The maximum absolute atomic E-state index is 5.06. The van der Waals surface area contributed by atoms with E-state index in [4.69, 9.17) is 4.74 Å². The molecule has 1 aliphatic rings. The summed E-state index contributed by atoms with van der Waals surface area (Å²) in [4.78, 5) is 2.46. The van der Waals surface area contributed by atoms with Crippen molar-refractivity contribution < 1.29 is 4.74 Å². The molecule has 2 heteroatoms. The van der Waals surface area contributed by atoms with Gasteiger partial charge in [-0.2, -0.15) is 0 Å². The Labute approximate surface area is 75.9 Å². The molecule has 1 unspecified atom stereocenters. The predicted molar refractivity (Wildman–Crippen MR) is 51.3 cm³/mol. The van der Waals surface area contributed by atoms with Crippen LogP contribution in [0.15, 0.2) is 0 Å². The van der Waals surface area contributed by atoms with Crippen molar-refractivity contribution in [2.75, 3.05) is 27.3 Å². The lowest BCUT2D eigenvalue weighted by Gasteiger charge is -2.24. The van der Waals surface area contributed by atoms with Gasteiger partial charge < -0.3 is 9.64 Å². The third-order valence-electron chi connectivity index (χ3n) is 2.74. The third-order valence-corrected chi connectivity index (χ3v) is 2.74. The van der Waals surface area contributed by atoms with Gasteiger partial charge in [0.25, 0.3) is 0 Å². The zero-order valence-corrected chi connectivity index (χ0v) is 8.55. The predicted octanol–water partition coefficient (Wildman–Crippen LogP) is 1.75. The molecule has 0 N–H and O–H groups in total. The minimum atomic E-state index is 0.672. The highest BCUT2D eigenvalue weighted by Crippen LogP contribution is 2.29. The van der Waals surface area contributed by atoms with Crippen LogP contribution in [0.25, 0.3) is 0 Å². The fourth-order valence-electron chi connectivity index (χ4n) is 1.40. The van der Waals surface area contributed by atoms with Crippen LogP contribution < -0.4 is 0 Å². The van der Waals surface area contributed by atoms with Gasteiger partial charge in [-0.15, -0.1) is 0 Å². The molecule has 1 atom stereocenters. The molecule has 0 aromatic carbocycles. The molecular weight excluding hydrogens is 150 g/mol. The average Bonchev–Trinajstić information content (AvgIpc) is 2.83. The summed E-state index contributed by atoms with van der Waals surface area (Å²) in [5.41, 5.74) is 0. The van der Waals surface area contributed by atoms with E-state index in [0.29, 0.717) is 6.04 Å². The van der Waals surface area contributed by atoms with E-state index >= 15 is 0 Å². The number of hydrogen-bond acceptors (Lipinski definition) is 2. The van der Waals surface area contributed by atoms with E-state index < -0.39 is 0 Å². The fraction of sp³-hybridized carbons (Fsp3) is 1.00. The van der Waals surface area contributed by atoms with Gasteiger partial charge in [-0.25, -0.2) is 0 Å². The standard InChI is InChI=1S/C10H21NO/c1-9(6-7-12-3)11(2)8-10-4-5-10/h9-10H,4-8H2,1-3H3. The quantitative estimate of drug-likeness (QED) is 0.603. The van der Waals surface area contributed by atoms with Gasteiger partial charge in [0.05, 0.1) is 0 Å². The molecule has 1 fully saturated rings. The monoisotopic (exact) mass is 171 g/mol. The summed E-state index contributed by atoms with van der Waals surface area (Å²) in [6.07, 6.45) is 4.04. The molecule has 1 aliphatic carbocycles. The molecule has 0 aromatic rings. The topological polar surface area (TPSA) is 12.5 Å². The molecule has 0 saturated heterocycles. The van der Waals surface area contributed by atoms with Crippen LogP contribution in [-0.4, -0.2) is 38.3 Å². The molecular formula is C10H21NO. The normalized spacial score (nSPS) is 20.0. The van der Waals surface area contributed by atoms with Gasteiger partial charge in [0.1, 0.15) is 0 Å². The maximum Gasteiger partial charge on any atom is 0.0477 e. The molecule has 0 amide bonds. The molecule has 0 aromatic heterocycles. The average molecular weight is 171 g/mol. The second-order valence-electron chi connectivity index (χ2n) is 4.01. The van der Waals surface area contributed by atoms with Gasteiger partial charge in [0, 0.05) is 26.3 Å². The lowest BCUT2D eigenvalue weighted by atomic mass is 10.2. The smallest absolute Gasteiger partial charge is 0.0477 e. The molecule has 72 valence electrons. The Morgan fingerprint density at radius 3 is 2.67 bits per heavy atom. The zero-order valence-electron chi connectivity index (χ0n) is 8.55. The lowest BCUT2D eigenvalue weighted by molar-refractivity contribution is 0.150. The Balaban J connectivity index is 2.06. The van der Waals surface area contributed by atoms with Crippen molar-refractivity contribution in [3.05, 3.63) is 0 Å². The lowest BCUT2D eigenvalue weighted by Crippen LogP contribution is -2.31. The molecule has 12 heavy (non-hydrogen) atoms. The summed E-state index contributed by atoms with van der Waals surface area (Å²) in [6.45, 7) is 4.45. The van der Waals surface area contributed by atoms with Gasteiger partial charge in [-0.3, -0.25) is 0 Å². The van der Waals surface area contributed by atoms with Crippen LogP contribution in [0.1, 0.15) is 26.2 Å². The highest BCUT2D eigenvalue weighted by molar-refractivity contribution is 4.77. The van der Waals surface area contributed by atoms with Crippen LogP contribution in [0, 0.1) is 5.92 Å².